The van der Waals surface area contributed by atoms with Gasteiger partial charge in [-0.25, -0.2) is 14.2 Å². The molecule has 8 nitrogen and oxygen atoms in total. The first kappa shape index (κ1) is 17.0. The van der Waals surface area contributed by atoms with E-state index in [2.05, 4.69) is 10.3 Å². The lowest BCUT2D eigenvalue weighted by molar-refractivity contribution is -0.127. The van der Waals surface area contributed by atoms with E-state index in [4.69, 9.17) is 9.15 Å². The first-order valence-corrected chi connectivity index (χ1v) is 7.84. The third-order valence-electron chi connectivity index (χ3n) is 4.03. The molecule has 2 amide bonds. The van der Waals surface area contributed by atoms with Crippen LogP contribution in [0, 0.1) is 5.82 Å². The molecule has 0 aliphatic carbocycles. The van der Waals surface area contributed by atoms with Crippen molar-refractivity contribution in [3.63, 3.8) is 0 Å². The second kappa shape index (κ2) is 6.23. The summed E-state index contributed by atoms with van der Waals surface area (Å²) < 4.78 is 27.0. The minimum Gasteiger partial charge on any atom is -0.434 e. The number of halogens is 1. The number of amides is 2. The molecule has 1 N–H and O–H groups in total. The Balaban J connectivity index is 2.08. The van der Waals surface area contributed by atoms with E-state index in [1.807, 2.05) is 13.8 Å². The largest absolute Gasteiger partial charge is 0.434 e. The van der Waals surface area contributed by atoms with Crippen molar-refractivity contribution in [2.75, 3.05) is 25.5 Å². The maximum absolute atomic E-state index is 14.7. The van der Waals surface area contributed by atoms with Crippen molar-refractivity contribution in [3.05, 3.63) is 23.6 Å². The minimum atomic E-state index is -0.935. The molecule has 25 heavy (non-hydrogen) atoms. The molecule has 9 heteroatoms. The van der Waals surface area contributed by atoms with Crippen LogP contribution in [-0.2, 0) is 9.53 Å². The molecule has 134 valence electrons. The van der Waals surface area contributed by atoms with Crippen molar-refractivity contribution in [1.29, 1.82) is 0 Å². The van der Waals surface area contributed by atoms with Crippen molar-refractivity contribution < 1.29 is 23.1 Å². The standard InChI is InChI=1S/C16H19FN4O4/c1-8(2)21-13-10(17)5-9(6-11(13)24-15(21)19-4)20-7-12(14(22)18-3)25-16(20)23/h5-6,8,12H,7H2,1-4H3,(H,18,22)/t12-/m1/s1. The number of ether oxygens (including phenoxy) is 1. The van der Waals surface area contributed by atoms with Crippen LogP contribution in [0.15, 0.2) is 21.5 Å². The Morgan fingerprint density at radius 2 is 2.16 bits per heavy atom. The highest BCUT2D eigenvalue weighted by atomic mass is 19.1. The van der Waals surface area contributed by atoms with Crippen LogP contribution in [0.5, 0.6) is 0 Å². The molecule has 1 aromatic heterocycles. The molecule has 1 aromatic carbocycles. The molecule has 0 radical (unpaired) electrons. The highest BCUT2D eigenvalue weighted by Gasteiger charge is 2.37. The van der Waals surface area contributed by atoms with Gasteiger partial charge in [-0.2, -0.15) is 0 Å². The zero-order valence-corrected chi connectivity index (χ0v) is 14.4. The van der Waals surface area contributed by atoms with E-state index in [0.29, 0.717) is 0 Å². The van der Waals surface area contributed by atoms with E-state index >= 15 is 0 Å². The summed E-state index contributed by atoms with van der Waals surface area (Å²) in [5.74, 6) is -0.962. The average Bonchev–Trinajstić information content (AvgIpc) is 3.14. The molecular formula is C16H19FN4O4. The van der Waals surface area contributed by atoms with Gasteiger partial charge < -0.3 is 14.5 Å². The number of hydrogen-bond donors (Lipinski definition) is 1. The number of nitrogens with zero attached hydrogens (tertiary/aromatic N) is 3. The maximum Gasteiger partial charge on any atom is 0.415 e. The number of nitrogens with one attached hydrogen (secondary N) is 1. The third-order valence-corrected chi connectivity index (χ3v) is 4.03. The Morgan fingerprint density at radius 1 is 1.44 bits per heavy atom. The van der Waals surface area contributed by atoms with E-state index in [9.17, 15) is 14.0 Å². The molecular weight excluding hydrogens is 331 g/mol. The predicted molar refractivity (Wildman–Crippen MR) is 87.7 cm³/mol. The number of carbonyl (C=O) groups is 2. The molecule has 0 spiro atoms. The number of fused-ring (bicyclic) bond motifs is 1. The molecule has 2 heterocycles. The first-order chi connectivity index (χ1) is 11.9. The smallest absolute Gasteiger partial charge is 0.415 e. The van der Waals surface area contributed by atoms with Crippen molar-refractivity contribution in [1.82, 2.24) is 9.88 Å². The predicted octanol–water partition coefficient (Wildman–Crippen LogP) is 1.56. The molecule has 0 bridgehead atoms. The summed E-state index contributed by atoms with van der Waals surface area (Å²) >= 11 is 0. The number of benzene rings is 1. The molecule has 3 rings (SSSR count). The number of rotatable bonds is 3. The molecule has 1 aliphatic rings. The van der Waals surface area contributed by atoms with Gasteiger partial charge in [0.1, 0.15) is 5.52 Å². The van der Waals surface area contributed by atoms with Gasteiger partial charge in [-0.15, -0.1) is 0 Å². The summed E-state index contributed by atoms with van der Waals surface area (Å²) in [5.41, 5.74) is 1.08. The lowest BCUT2D eigenvalue weighted by Crippen LogP contribution is -2.35. The Hall–Kier alpha value is -2.84. The number of cyclic esters (lactones) is 1. The number of anilines is 1. The summed E-state index contributed by atoms with van der Waals surface area (Å²) in [6.07, 6.45) is -1.65. The lowest BCUT2D eigenvalue weighted by atomic mass is 10.2. The van der Waals surface area contributed by atoms with Crippen LogP contribution in [0.25, 0.3) is 11.1 Å². The zero-order valence-electron chi connectivity index (χ0n) is 14.4. The number of carbonyl (C=O) groups excluding carboxylic acids is 2. The van der Waals surface area contributed by atoms with Gasteiger partial charge in [-0.3, -0.25) is 14.3 Å². The second-order valence-corrected chi connectivity index (χ2v) is 5.94. The summed E-state index contributed by atoms with van der Waals surface area (Å²) in [7, 11) is 3.01. The molecule has 1 atom stereocenters. The summed E-state index contributed by atoms with van der Waals surface area (Å²) in [5, 5.41) is 2.42. The monoisotopic (exact) mass is 350 g/mol. The Kier molecular flexibility index (Phi) is 4.23. The van der Waals surface area contributed by atoms with Gasteiger partial charge in [0, 0.05) is 32.3 Å². The van der Waals surface area contributed by atoms with Crippen LogP contribution in [0.3, 0.4) is 0 Å². The fourth-order valence-corrected chi connectivity index (χ4v) is 2.87. The van der Waals surface area contributed by atoms with Crippen molar-refractivity contribution >= 4 is 28.8 Å². The normalized spacial score (nSPS) is 18.3. The second-order valence-electron chi connectivity index (χ2n) is 5.94. The lowest BCUT2D eigenvalue weighted by Gasteiger charge is -2.13. The van der Waals surface area contributed by atoms with E-state index < -0.39 is 23.9 Å². The van der Waals surface area contributed by atoms with Gasteiger partial charge in [-0.05, 0) is 13.8 Å². The topological polar surface area (TPSA) is 89.1 Å². The summed E-state index contributed by atoms with van der Waals surface area (Å²) in [6.45, 7) is 3.78. The number of aromatic nitrogens is 1. The molecule has 0 saturated carbocycles. The van der Waals surface area contributed by atoms with Gasteiger partial charge in [0.25, 0.3) is 11.6 Å². The van der Waals surface area contributed by atoms with Crippen LogP contribution in [0.4, 0.5) is 14.9 Å². The van der Waals surface area contributed by atoms with Gasteiger partial charge in [-0.1, -0.05) is 0 Å². The van der Waals surface area contributed by atoms with Gasteiger partial charge >= 0.3 is 6.09 Å². The van der Waals surface area contributed by atoms with E-state index in [0.717, 1.165) is 0 Å². The average molecular weight is 350 g/mol. The first-order valence-electron chi connectivity index (χ1n) is 7.84. The quantitative estimate of drug-likeness (QED) is 0.910. The SMILES string of the molecule is CN=c1oc2cc(N3C[C@H](C(=O)NC)OC3=O)cc(F)c2n1C(C)C. The minimum absolute atomic E-state index is 0.000642. The highest BCUT2D eigenvalue weighted by molar-refractivity contribution is 5.96. The van der Waals surface area contributed by atoms with Crippen molar-refractivity contribution in [3.8, 4) is 0 Å². The Bertz CT molecular complexity index is 915. The van der Waals surface area contributed by atoms with E-state index in [-0.39, 0.29) is 35.1 Å². The number of oxazole rings is 1. The van der Waals surface area contributed by atoms with Crippen molar-refractivity contribution in [2.45, 2.75) is 26.0 Å². The van der Waals surface area contributed by atoms with Gasteiger partial charge in [0.05, 0.1) is 12.2 Å². The number of likely N-dealkylation sites (N-methyl/N-ethyl adjacent to an activating group) is 1. The van der Waals surface area contributed by atoms with E-state index in [1.165, 1.54) is 18.0 Å². The molecule has 1 saturated heterocycles. The molecule has 2 aromatic rings. The van der Waals surface area contributed by atoms with Crippen LogP contribution < -0.4 is 15.9 Å². The highest BCUT2D eigenvalue weighted by Crippen LogP contribution is 2.29. The molecule has 0 unspecified atom stereocenters. The van der Waals surface area contributed by atoms with Crippen LogP contribution >= 0.6 is 0 Å². The van der Waals surface area contributed by atoms with Gasteiger partial charge in [0.15, 0.2) is 17.5 Å². The van der Waals surface area contributed by atoms with Crippen molar-refractivity contribution in [2.24, 2.45) is 4.99 Å². The molecule has 1 aliphatic heterocycles. The fourth-order valence-electron chi connectivity index (χ4n) is 2.87. The van der Waals surface area contributed by atoms with Gasteiger partial charge in [0.2, 0.25) is 0 Å². The Morgan fingerprint density at radius 3 is 2.76 bits per heavy atom. The third kappa shape index (κ3) is 2.75. The Labute approximate surface area is 142 Å². The molecule has 1 fully saturated rings. The maximum atomic E-state index is 14.7. The number of hydrogen-bond acceptors (Lipinski definition) is 5. The van der Waals surface area contributed by atoms with Crippen LogP contribution in [-0.4, -0.2) is 43.3 Å². The van der Waals surface area contributed by atoms with Crippen LogP contribution in [0.2, 0.25) is 0 Å². The van der Waals surface area contributed by atoms with Crippen LogP contribution in [0.1, 0.15) is 19.9 Å². The van der Waals surface area contributed by atoms with E-state index in [1.54, 1.807) is 17.7 Å². The summed E-state index contributed by atoms with van der Waals surface area (Å²) in [6, 6.07) is 2.71. The zero-order chi connectivity index (χ0) is 18.3. The fraction of sp³-hybridized carbons (Fsp3) is 0.438. The summed E-state index contributed by atoms with van der Waals surface area (Å²) in [4.78, 5) is 28.9.